The van der Waals surface area contributed by atoms with Crippen molar-refractivity contribution in [2.45, 2.75) is 24.0 Å². The van der Waals surface area contributed by atoms with Crippen LogP contribution in [0.1, 0.15) is 13.8 Å². The van der Waals surface area contributed by atoms with Crippen molar-refractivity contribution in [2.24, 2.45) is 0 Å². The first-order chi connectivity index (χ1) is 10.4. The Morgan fingerprint density at radius 2 is 1.86 bits per heavy atom. The molecule has 0 aliphatic carbocycles. The molecular formula is C14H16ClNO5S. The number of carbonyl (C=O) groups excluding carboxylic acids is 3. The van der Waals surface area contributed by atoms with Gasteiger partial charge in [-0.1, -0.05) is 11.6 Å². The second-order valence-electron chi connectivity index (χ2n) is 4.09. The van der Waals surface area contributed by atoms with Crippen LogP contribution < -0.4 is 5.32 Å². The van der Waals surface area contributed by atoms with E-state index in [-0.39, 0.29) is 6.61 Å². The molecule has 1 atom stereocenters. The fourth-order valence-corrected chi connectivity index (χ4v) is 2.33. The topological polar surface area (TPSA) is 81.7 Å². The summed E-state index contributed by atoms with van der Waals surface area (Å²) < 4.78 is 9.36. The van der Waals surface area contributed by atoms with Crippen molar-refractivity contribution in [1.82, 2.24) is 5.32 Å². The van der Waals surface area contributed by atoms with Crippen molar-refractivity contribution in [3.63, 3.8) is 0 Å². The van der Waals surface area contributed by atoms with Crippen LogP contribution in [0.2, 0.25) is 5.02 Å². The van der Waals surface area contributed by atoms with Crippen LogP contribution in [0, 0.1) is 0 Å². The number of alkyl carbamates (subject to hydrolysis) is 1. The minimum absolute atomic E-state index is 0.146. The molecule has 0 radical (unpaired) electrons. The van der Waals surface area contributed by atoms with Gasteiger partial charge in [0, 0.05) is 9.92 Å². The second kappa shape index (κ2) is 9.32. The van der Waals surface area contributed by atoms with E-state index in [1.165, 1.54) is 11.8 Å². The van der Waals surface area contributed by atoms with Gasteiger partial charge in [0.1, 0.15) is 5.25 Å². The molecule has 0 saturated heterocycles. The first-order valence-corrected chi connectivity index (χ1v) is 7.73. The minimum atomic E-state index is -0.868. The molecule has 0 spiro atoms. The lowest BCUT2D eigenvalue weighted by molar-refractivity contribution is -0.147. The van der Waals surface area contributed by atoms with Crippen molar-refractivity contribution in [3.8, 4) is 0 Å². The number of carbonyl (C=O) groups is 3. The van der Waals surface area contributed by atoms with Gasteiger partial charge in [-0.25, -0.2) is 4.79 Å². The van der Waals surface area contributed by atoms with Crippen LogP contribution in [0.15, 0.2) is 29.2 Å². The maximum Gasteiger partial charge on any atom is 0.413 e. The second-order valence-corrected chi connectivity index (χ2v) is 5.94. The van der Waals surface area contributed by atoms with Crippen molar-refractivity contribution in [1.29, 1.82) is 0 Å². The lowest BCUT2D eigenvalue weighted by atomic mass is 10.4. The van der Waals surface area contributed by atoms with Gasteiger partial charge >= 0.3 is 12.1 Å². The predicted octanol–water partition coefficient (Wildman–Crippen LogP) is 2.64. The molecule has 1 N–H and O–H groups in total. The molecule has 0 fully saturated rings. The fraction of sp³-hybridized carbons (Fsp3) is 0.357. The summed E-state index contributed by atoms with van der Waals surface area (Å²) in [4.78, 5) is 34.9. The van der Waals surface area contributed by atoms with Crippen LogP contribution >= 0.6 is 23.4 Å². The summed E-state index contributed by atoms with van der Waals surface area (Å²) in [5.74, 6) is -1.30. The van der Waals surface area contributed by atoms with Crippen LogP contribution in [0.3, 0.4) is 0 Å². The van der Waals surface area contributed by atoms with Gasteiger partial charge in [0.05, 0.1) is 6.61 Å². The number of hydrogen-bond acceptors (Lipinski definition) is 6. The van der Waals surface area contributed by atoms with Crippen LogP contribution in [0.4, 0.5) is 4.79 Å². The molecule has 22 heavy (non-hydrogen) atoms. The van der Waals surface area contributed by atoms with E-state index in [9.17, 15) is 14.4 Å². The number of halogens is 1. The van der Waals surface area contributed by atoms with Gasteiger partial charge < -0.3 is 9.47 Å². The third-order valence-corrected chi connectivity index (χ3v) is 3.66. The molecular weight excluding hydrogens is 330 g/mol. The lowest BCUT2D eigenvalue weighted by Gasteiger charge is -2.11. The molecule has 8 heteroatoms. The van der Waals surface area contributed by atoms with E-state index < -0.39 is 29.8 Å². The van der Waals surface area contributed by atoms with E-state index in [4.69, 9.17) is 16.3 Å². The lowest BCUT2D eigenvalue weighted by Crippen LogP contribution is -2.35. The first-order valence-electron chi connectivity index (χ1n) is 6.47. The van der Waals surface area contributed by atoms with E-state index in [2.05, 4.69) is 4.74 Å². The van der Waals surface area contributed by atoms with Gasteiger partial charge in [0.15, 0.2) is 6.61 Å². The maximum absolute atomic E-state index is 11.8. The molecule has 1 aromatic carbocycles. The Morgan fingerprint density at radius 3 is 2.45 bits per heavy atom. The number of benzene rings is 1. The fourth-order valence-electron chi connectivity index (χ4n) is 1.34. The number of esters is 1. The average Bonchev–Trinajstić information content (AvgIpc) is 2.47. The molecule has 0 saturated carbocycles. The molecule has 1 rings (SSSR count). The summed E-state index contributed by atoms with van der Waals surface area (Å²) in [5, 5.41) is 2.04. The third-order valence-electron chi connectivity index (χ3n) is 2.32. The van der Waals surface area contributed by atoms with E-state index in [1.54, 1.807) is 38.1 Å². The number of thioether (sulfide) groups is 1. The average molecular weight is 346 g/mol. The van der Waals surface area contributed by atoms with Crippen LogP contribution in [-0.4, -0.2) is 36.4 Å². The molecule has 6 nitrogen and oxygen atoms in total. The van der Waals surface area contributed by atoms with Crippen LogP contribution in [0.25, 0.3) is 0 Å². The SMILES string of the molecule is CCOC(=O)NC(=O)COC(=O)[C@@H](C)Sc1ccc(Cl)cc1. The van der Waals surface area contributed by atoms with Crippen LogP contribution in [0.5, 0.6) is 0 Å². The summed E-state index contributed by atoms with van der Waals surface area (Å²) in [6.45, 7) is 2.88. The van der Waals surface area contributed by atoms with Gasteiger partial charge in [-0.15, -0.1) is 11.8 Å². The molecule has 2 amide bonds. The maximum atomic E-state index is 11.8. The highest BCUT2D eigenvalue weighted by atomic mass is 35.5. The zero-order chi connectivity index (χ0) is 16.5. The summed E-state index contributed by atoms with van der Waals surface area (Å²) in [6, 6.07) is 7.00. The Balaban J connectivity index is 2.36. The van der Waals surface area contributed by atoms with E-state index >= 15 is 0 Å². The number of nitrogens with one attached hydrogen (secondary N) is 1. The zero-order valence-corrected chi connectivity index (χ0v) is 13.7. The first kappa shape index (κ1) is 18.3. The number of amides is 2. The van der Waals surface area contributed by atoms with Gasteiger partial charge in [-0.05, 0) is 38.1 Å². The molecule has 0 aromatic heterocycles. The summed E-state index contributed by atoms with van der Waals surface area (Å²) >= 11 is 7.05. The highest BCUT2D eigenvalue weighted by Gasteiger charge is 2.18. The Bertz CT molecular complexity index is 535. The minimum Gasteiger partial charge on any atom is -0.455 e. The molecule has 0 aliphatic heterocycles. The van der Waals surface area contributed by atoms with Gasteiger partial charge in [-0.2, -0.15) is 0 Å². The van der Waals surface area contributed by atoms with Crippen molar-refractivity contribution >= 4 is 41.3 Å². The van der Waals surface area contributed by atoms with Crippen molar-refractivity contribution < 1.29 is 23.9 Å². The van der Waals surface area contributed by atoms with Gasteiger partial charge in [0.25, 0.3) is 5.91 Å². The Kier molecular flexibility index (Phi) is 7.76. The Hall–Kier alpha value is -1.73. The predicted molar refractivity (Wildman–Crippen MR) is 82.9 cm³/mol. The smallest absolute Gasteiger partial charge is 0.413 e. The van der Waals surface area contributed by atoms with Gasteiger partial charge in [0.2, 0.25) is 0 Å². The van der Waals surface area contributed by atoms with Crippen molar-refractivity contribution in [2.75, 3.05) is 13.2 Å². The highest BCUT2D eigenvalue weighted by Crippen LogP contribution is 2.25. The molecule has 0 bridgehead atoms. The Labute approximate surface area is 137 Å². The Morgan fingerprint density at radius 1 is 1.23 bits per heavy atom. The molecule has 0 heterocycles. The van der Waals surface area contributed by atoms with Crippen molar-refractivity contribution in [3.05, 3.63) is 29.3 Å². The number of ether oxygens (including phenoxy) is 2. The third kappa shape index (κ3) is 6.82. The quantitative estimate of drug-likeness (QED) is 0.630. The molecule has 0 unspecified atom stereocenters. The number of hydrogen-bond donors (Lipinski definition) is 1. The monoisotopic (exact) mass is 345 g/mol. The molecule has 0 aliphatic rings. The normalized spacial score (nSPS) is 11.4. The summed E-state index contributed by atoms with van der Waals surface area (Å²) in [5.41, 5.74) is 0. The van der Waals surface area contributed by atoms with Gasteiger partial charge in [-0.3, -0.25) is 14.9 Å². The molecule has 1 aromatic rings. The highest BCUT2D eigenvalue weighted by molar-refractivity contribution is 8.00. The number of imide groups is 1. The largest absolute Gasteiger partial charge is 0.455 e. The zero-order valence-electron chi connectivity index (χ0n) is 12.1. The van der Waals surface area contributed by atoms with E-state index in [1.807, 2.05) is 5.32 Å². The van der Waals surface area contributed by atoms with E-state index in [0.29, 0.717) is 5.02 Å². The number of rotatable bonds is 6. The summed E-state index contributed by atoms with van der Waals surface area (Å²) in [7, 11) is 0. The van der Waals surface area contributed by atoms with Crippen LogP contribution in [-0.2, 0) is 19.1 Å². The van der Waals surface area contributed by atoms with E-state index in [0.717, 1.165) is 4.90 Å². The molecule has 120 valence electrons. The standard InChI is InChI=1S/C14H16ClNO5S/c1-3-20-14(19)16-12(17)8-21-13(18)9(2)22-11-6-4-10(15)5-7-11/h4-7,9H,3,8H2,1-2H3,(H,16,17,19)/t9-/m1/s1. The summed E-state index contributed by atoms with van der Waals surface area (Å²) in [6.07, 6.45) is -0.868.